The average molecular weight is 250 g/mol. The van der Waals surface area contributed by atoms with E-state index in [4.69, 9.17) is 20.6 Å². The molecule has 0 saturated heterocycles. The normalized spacial score (nSPS) is 11.3. The summed E-state index contributed by atoms with van der Waals surface area (Å²) in [5.41, 5.74) is 5.98. The van der Waals surface area contributed by atoms with Gasteiger partial charge in [0.25, 0.3) is 0 Å². The molecule has 0 spiro atoms. The first kappa shape index (κ1) is 14.5. The molecule has 0 unspecified atom stereocenters. The summed E-state index contributed by atoms with van der Waals surface area (Å²) in [6.07, 6.45) is 0.973. The van der Waals surface area contributed by atoms with Gasteiger partial charge in [0, 0.05) is 5.56 Å². The maximum absolute atomic E-state index is 7.28. The second kappa shape index (κ2) is 6.40. The Morgan fingerprint density at radius 3 is 2.33 bits per heavy atom. The highest BCUT2D eigenvalue weighted by atomic mass is 16.5. The van der Waals surface area contributed by atoms with Gasteiger partial charge in [0.2, 0.25) is 0 Å². The van der Waals surface area contributed by atoms with Crippen LogP contribution in [0.4, 0.5) is 0 Å². The second-order valence-electron chi connectivity index (χ2n) is 4.75. The lowest BCUT2D eigenvalue weighted by atomic mass is 10.1. The Balaban J connectivity index is 2.34. The molecular weight excluding hydrogens is 228 g/mol. The smallest absolute Gasteiger partial charge is 0.122 e. The second-order valence-corrected chi connectivity index (χ2v) is 4.75. The van der Waals surface area contributed by atoms with Gasteiger partial charge in [-0.15, -0.1) is 0 Å². The first-order chi connectivity index (χ1) is 8.44. The molecule has 0 aliphatic carbocycles. The molecule has 0 aromatic heterocycles. The van der Waals surface area contributed by atoms with Crippen molar-refractivity contribution in [1.29, 1.82) is 5.41 Å². The van der Waals surface area contributed by atoms with E-state index in [-0.39, 0.29) is 11.4 Å². The lowest BCUT2D eigenvalue weighted by molar-refractivity contribution is -0.0317. The molecule has 0 aliphatic rings. The summed E-state index contributed by atoms with van der Waals surface area (Å²) in [7, 11) is 0. The van der Waals surface area contributed by atoms with Crippen molar-refractivity contribution >= 4 is 5.84 Å². The molecule has 4 heteroatoms. The summed E-state index contributed by atoms with van der Waals surface area (Å²) >= 11 is 0. The Hall–Kier alpha value is -1.55. The Labute approximate surface area is 109 Å². The molecule has 1 rings (SSSR count). The number of nitrogens with two attached hydrogens (primary N) is 1. The summed E-state index contributed by atoms with van der Waals surface area (Å²) in [6, 6.07) is 7.16. The number of amidine groups is 1. The number of nitrogens with one attached hydrogen (secondary N) is 1. The lowest BCUT2D eigenvalue weighted by Crippen LogP contribution is -2.25. The van der Waals surface area contributed by atoms with Crippen molar-refractivity contribution in [2.75, 3.05) is 13.2 Å². The standard InChI is InChI=1S/C14H22N2O2/c1-4-14(2,3)18-10-9-17-12-7-5-11(6-8-12)13(15)16/h5-8H,4,9-10H2,1-3H3,(H3,15,16). The fourth-order valence-electron chi connectivity index (χ4n) is 1.31. The molecule has 0 fully saturated rings. The van der Waals surface area contributed by atoms with Gasteiger partial charge in [-0.2, -0.15) is 0 Å². The van der Waals surface area contributed by atoms with Crippen molar-refractivity contribution in [3.05, 3.63) is 29.8 Å². The number of nitrogen functional groups attached to an aromatic ring is 1. The molecule has 0 bridgehead atoms. The maximum atomic E-state index is 7.28. The van der Waals surface area contributed by atoms with Gasteiger partial charge in [0.05, 0.1) is 12.2 Å². The predicted molar refractivity (Wildman–Crippen MR) is 73.3 cm³/mol. The molecule has 0 radical (unpaired) electrons. The third-order valence-electron chi connectivity index (χ3n) is 2.86. The number of hydrogen-bond acceptors (Lipinski definition) is 3. The van der Waals surface area contributed by atoms with Crippen molar-refractivity contribution in [1.82, 2.24) is 0 Å². The van der Waals surface area contributed by atoms with Crippen LogP contribution in [0, 0.1) is 5.41 Å². The van der Waals surface area contributed by atoms with E-state index < -0.39 is 0 Å². The van der Waals surface area contributed by atoms with Gasteiger partial charge < -0.3 is 15.2 Å². The summed E-state index contributed by atoms with van der Waals surface area (Å²) in [5, 5.41) is 7.28. The number of rotatable bonds is 7. The molecule has 4 nitrogen and oxygen atoms in total. The fraction of sp³-hybridized carbons (Fsp3) is 0.500. The molecular formula is C14H22N2O2. The number of hydrogen-bond donors (Lipinski definition) is 2. The van der Waals surface area contributed by atoms with Gasteiger partial charge in [0.1, 0.15) is 18.2 Å². The zero-order valence-corrected chi connectivity index (χ0v) is 11.3. The lowest BCUT2D eigenvalue weighted by Gasteiger charge is -2.23. The maximum Gasteiger partial charge on any atom is 0.122 e. The molecule has 3 N–H and O–H groups in total. The van der Waals surface area contributed by atoms with E-state index >= 15 is 0 Å². The van der Waals surface area contributed by atoms with E-state index in [0.717, 1.165) is 12.2 Å². The largest absolute Gasteiger partial charge is 0.491 e. The zero-order chi connectivity index (χ0) is 13.6. The van der Waals surface area contributed by atoms with E-state index in [9.17, 15) is 0 Å². The fourth-order valence-corrected chi connectivity index (χ4v) is 1.31. The minimum absolute atomic E-state index is 0.0644. The van der Waals surface area contributed by atoms with Crippen molar-refractivity contribution < 1.29 is 9.47 Å². The van der Waals surface area contributed by atoms with E-state index in [1.54, 1.807) is 12.1 Å². The molecule has 0 heterocycles. The predicted octanol–water partition coefficient (Wildman–Crippen LogP) is 2.55. The van der Waals surface area contributed by atoms with Crippen molar-refractivity contribution in [3.8, 4) is 5.75 Å². The van der Waals surface area contributed by atoms with Crippen molar-refractivity contribution in [2.24, 2.45) is 5.73 Å². The highest BCUT2D eigenvalue weighted by Gasteiger charge is 2.14. The molecule has 18 heavy (non-hydrogen) atoms. The molecule has 1 aromatic carbocycles. The zero-order valence-electron chi connectivity index (χ0n) is 11.3. The third kappa shape index (κ3) is 4.75. The Kier molecular flexibility index (Phi) is 5.16. The van der Waals surface area contributed by atoms with Crippen LogP contribution in [0.3, 0.4) is 0 Å². The van der Waals surface area contributed by atoms with E-state index in [1.165, 1.54) is 0 Å². The van der Waals surface area contributed by atoms with Crippen molar-refractivity contribution in [2.45, 2.75) is 32.8 Å². The topological polar surface area (TPSA) is 68.3 Å². The minimum Gasteiger partial charge on any atom is -0.491 e. The summed E-state index contributed by atoms with van der Waals surface area (Å²) < 4.78 is 11.2. The molecule has 100 valence electrons. The Morgan fingerprint density at radius 1 is 1.22 bits per heavy atom. The third-order valence-corrected chi connectivity index (χ3v) is 2.86. The highest BCUT2D eigenvalue weighted by Crippen LogP contribution is 2.14. The van der Waals surface area contributed by atoms with Gasteiger partial charge in [-0.1, -0.05) is 6.92 Å². The van der Waals surface area contributed by atoms with Crippen LogP contribution in [0.2, 0.25) is 0 Å². The van der Waals surface area contributed by atoms with Crippen LogP contribution < -0.4 is 10.5 Å². The van der Waals surface area contributed by atoms with Crippen LogP contribution >= 0.6 is 0 Å². The van der Waals surface area contributed by atoms with Gasteiger partial charge in [-0.05, 0) is 44.5 Å². The quantitative estimate of drug-likeness (QED) is 0.444. The van der Waals surface area contributed by atoms with E-state index in [2.05, 4.69) is 20.8 Å². The Bertz CT molecular complexity index is 385. The number of ether oxygens (including phenoxy) is 2. The Morgan fingerprint density at radius 2 is 1.83 bits per heavy atom. The molecule has 0 atom stereocenters. The molecule has 0 aliphatic heterocycles. The van der Waals surface area contributed by atoms with Crippen LogP contribution in [-0.4, -0.2) is 24.7 Å². The average Bonchev–Trinajstić information content (AvgIpc) is 2.35. The summed E-state index contributed by atoms with van der Waals surface area (Å²) in [6.45, 7) is 7.31. The van der Waals surface area contributed by atoms with E-state index in [1.807, 2.05) is 12.1 Å². The summed E-state index contributed by atoms with van der Waals surface area (Å²) in [4.78, 5) is 0. The first-order valence-electron chi connectivity index (χ1n) is 6.16. The van der Waals surface area contributed by atoms with Crippen LogP contribution in [0.25, 0.3) is 0 Å². The van der Waals surface area contributed by atoms with E-state index in [0.29, 0.717) is 18.8 Å². The van der Waals surface area contributed by atoms with Gasteiger partial charge in [0.15, 0.2) is 0 Å². The molecule has 1 aromatic rings. The molecule has 0 amide bonds. The van der Waals surface area contributed by atoms with Crippen molar-refractivity contribution in [3.63, 3.8) is 0 Å². The van der Waals surface area contributed by atoms with Gasteiger partial charge in [-0.25, -0.2) is 0 Å². The van der Waals surface area contributed by atoms with Crippen LogP contribution in [0.5, 0.6) is 5.75 Å². The first-order valence-corrected chi connectivity index (χ1v) is 6.16. The summed E-state index contributed by atoms with van der Waals surface area (Å²) in [5.74, 6) is 0.826. The highest BCUT2D eigenvalue weighted by molar-refractivity contribution is 5.94. The van der Waals surface area contributed by atoms with Gasteiger partial charge in [-0.3, -0.25) is 5.41 Å². The minimum atomic E-state index is -0.0954. The number of benzene rings is 1. The van der Waals surface area contributed by atoms with Crippen LogP contribution in [0.15, 0.2) is 24.3 Å². The molecule has 0 saturated carbocycles. The van der Waals surface area contributed by atoms with Crippen LogP contribution in [-0.2, 0) is 4.74 Å². The SMILES string of the molecule is CCC(C)(C)OCCOc1ccc(C(=N)N)cc1. The van der Waals surface area contributed by atoms with Gasteiger partial charge >= 0.3 is 0 Å². The van der Waals surface area contributed by atoms with Crippen LogP contribution in [0.1, 0.15) is 32.8 Å². The monoisotopic (exact) mass is 250 g/mol.